The Balaban J connectivity index is 1.73. The summed E-state index contributed by atoms with van der Waals surface area (Å²) in [5, 5.41) is 3.10. The molecule has 0 bridgehead atoms. The number of nitrogens with two attached hydrogens (primary N) is 1. The van der Waals surface area contributed by atoms with Crippen LogP contribution in [0.25, 0.3) is 5.69 Å². The molecule has 0 aliphatic heterocycles. The van der Waals surface area contributed by atoms with E-state index < -0.39 is 0 Å². The van der Waals surface area contributed by atoms with E-state index in [0.717, 1.165) is 31.4 Å². The summed E-state index contributed by atoms with van der Waals surface area (Å²) >= 11 is 0. The van der Waals surface area contributed by atoms with Crippen LogP contribution >= 0.6 is 0 Å². The van der Waals surface area contributed by atoms with Crippen LogP contribution in [-0.2, 0) is 0 Å². The zero-order chi connectivity index (χ0) is 14.7. The lowest BCUT2D eigenvalue weighted by molar-refractivity contribution is 0.0919. The van der Waals surface area contributed by atoms with Crippen LogP contribution in [0.4, 0.5) is 0 Å². The standard InChI is InChI=1S/C16H20N4O/c17-12-6-8-13(9-7-12)19-16(21)15-10-18-11-20(15)14-4-2-1-3-5-14/h1-5,10-13H,6-9,17H2,(H,19,21). The van der Waals surface area contributed by atoms with E-state index in [4.69, 9.17) is 5.73 Å². The fourth-order valence-corrected chi connectivity index (χ4v) is 2.78. The first-order chi connectivity index (χ1) is 10.2. The maximum absolute atomic E-state index is 12.4. The Morgan fingerprint density at radius 1 is 1.19 bits per heavy atom. The van der Waals surface area contributed by atoms with Gasteiger partial charge in [0.2, 0.25) is 0 Å². The molecule has 21 heavy (non-hydrogen) atoms. The lowest BCUT2D eigenvalue weighted by Gasteiger charge is -2.26. The van der Waals surface area contributed by atoms with Gasteiger partial charge in [0, 0.05) is 17.8 Å². The monoisotopic (exact) mass is 284 g/mol. The number of amides is 1. The van der Waals surface area contributed by atoms with Crippen molar-refractivity contribution in [3.63, 3.8) is 0 Å². The maximum atomic E-state index is 12.4. The molecular weight excluding hydrogens is 264 g/mol. The summed E-state index contributed by atoms with van der Waals surface area (Å²) in [6.45, 7) is 0. The highest BCUT2D eigenvalue weighted by atomic mass is 16.2. The second-order valence-corrected chi connectivity index (χ2v) is 5.57. The van der Waals surface area contributed by atoms with Gasteiger partial charge in [-0.15, -0.1) is 0 Å². The smallest absolute Gasteiger partial charge is 0.270 e. The zero-order valence-corrected chi connectivity index (χ0v) is 11.9. The van der Waals surface area contributed by atoms with Crippen molar-refractivity contribution in [3.8, 4) is 5.69 Å². The van der Waals surface area contributed by atoms with Gasteiger partial charge in [-0.3, -0.25) is 9.36 Å². The molecule has 1 aromatic heterocycles. The molecule has 0 spiro atoms. The van der Waals surface area contributed by atoms with E-state index in [1.54, 1.807) is 12.5 Å². The van der Waals surface area contributed by atoms with Crippen LogP contribution in [0.5, 0.6) is 0 Å². The number of para-hydroxylation sites is 1. The normalized spacial score (nSPS) is 22.0. The van der Waals surface area contributed by atoms with Crippen molar-refractivity contribution in [3.05, 3.63) is 48.5 Å². The van der Waals surface area contributed by atoms with Crippen LogP contribution in [-0.4, -0.2) is 27.5 Å². The van der Waals surface area contributed by atoms with Gasteiger partial charge >= 0.3 is 0 Å². The number of hydrogen-bond donors (Lipinski definition) is 2. The number of benzene rings is 1. The van der Waals surface area contributed by atoms with Gasteiger partial charge in [0.05, 0.1) is 12.5 Å². The van der Waals surface area contributed by atoms with E-state index in [1.165, 1.54) is 0 Å². The second kappa shape index (κ2) is 6.10. The predicted octanol–water partition coefficient (Wildman–Crippen LogP) is 1.87. The SMILES string of the molecule is NC1CCC(NC(=O)c2cncn2-c2ccccc2)CC1. The Morgan fingerprint density at radius 3 is 2.62 bits per heavy atom. The van der Waals surface area contributed by atoms with E-state index in [2.05, 4.69) is 10.3 Å². The molecule has 5 heteroatoms. The summed E-state index contributed by atoms with van der Waals surface area (Å²) in [6.07, 6.45) is 7.13. The third kappa shape index (κ3) is 3.13. The molecule has 1 amide bonds. The van der Waals surface area contributed by atoms with Crippen LogP contribution in [0, 0.1) is 0 Å². The van der Waals surface area contributed by atoms with Crippen molar-refractivity contribution in [2.24, 2.45) is 5.73 Å². The molecule has 1 aromatic carbocycles. The number of nitrogens with one attached hydrogen (secondary N) is 1. The van der Waals surface area contributed by atoms with Crippen molar-refractivity contribution in [1.29, 1.82) is 0 Å². The zero-order valence-electron chi connectivity index (χ0n) is 11.9. The Hall–Kier alpha value is -2.14. The molecule has 0 radical (unpaired) electrons. The minimum Gasteiger partial charge on any atom is -0.348 e. The highest BCUT2D eigenvalue weighted by Gasteiger charge is 2.22. The lowest BCUT2D eigenvalue weighted by Crippen LogP contribution is -2.41. The van der Waals surface area contributed by atoms with E-state index in [9.17, 15) is 4.79 Å². The topological polar surface area (TPSA) is 72.9 Å². The van der Waals surface area contributed by atoms with Crippen LogP contribution in [0.15, 0.2) is 42.9 Å². The van der Waals surface area contributed by atoms with Gasteiger partial charge in [-0.05, 0) is 37.8 Å². The fraction of sp³-hybridized carbons (Fsp3) is 0.375. The van der Waals surface area contributed by atoms with Gasteiger partial charge in [-0.25, -0.2) is 4.98 Å². The van der Waals surface area contributed by atoms with Crippen molar-refractivity contribution in [1.82, 2.24) is 14.9 Å². The number of hydrogen-bond acceptors (Lipinski definition) is 3. The van der Waals surface area contributed by atoms with Gasteiger partial charge < -0.3 is 11.1 Å². The third-order valence-electron chi connectivity index (χ3n) is 4.01. The molecule has 0 unspecified atom stereocenters. The second-order valence-electron chi connectivity index (χ2n) is 5.57. The van der Waals surface area contributed by atoms with Crippen molar-refractivity contribution in [2.75, 3.05) is 0 Å². The summed E-state index contributed by atoms with van der Waals surface area (Å²) in [4.78, 5) is 16.6. The summed E-state index contributed by atoms with van der Waals surface area (Å²) in [7, 11) is 0. The first kappa shape index (κ1) is 13.8. The van der Waals surface area contributed by atoms with Gasteiger partial charge in [0.25, 0.3) is 5.91 Å². The maximum Gasteiger partial charge on any atom is 0.270 e. The Morgan fingerprint density at radius 2 is 1.90 bits per heavy atom. The van der Waals surface area contributed by atoms with Gasteiger partial charge in [-0.2, -0.15) is 0 Å². The highest BCUT2D eigenvalue weighted by molar-refractivity contribution is 5.93. The number of rotatable bonds is 3. The Labute approximate surface area is 124 Å². The van der Waals surface area contributed by atoms with E-state index >= 15 is 0 Å². The van der Waals surface area contributed by atoms with Gasteiger partial charge in [0.15, 0.2) is 0 Å². The molecule has 110 valence electrons. The summed E-state index contributed by atoms with van der Waals surface area (Å²) in [5.74, 6) is -0.0724. The first-order valence-corrected chi connectivity index (χ1v) is 7.38. The third-order valence-corrected chi connectivity index (χ3v) is 4.01. The Bertz CT molecular complexity index is 600. The molecule has 5 nitrogen and oxygen atoms in total. The molecule has 0 saturated heterocycles. The van der Waals surface area contributed by atoms with Gasteiger partial charge in [-0.1, -0.05) is 18.2 Å². The van der Waals surface area contributed by atoms with Crippen LogP contribution in [0.1, 0.15) is 36.2 Å². The number of carbonyl (C=O) groups excluding carboxylic acids is 1. The number of carbonyl (C=O) groups is 1. The molecule has 1 fully saturated rings. The largest absolute Gasteiger partial charge is 0.348 e. The molecule has 1 aliphatic rings. The fourth-order valence-electron chi connectivity index (χ4n) is 2.78. The summed E-state index contributed by atoms with van der Waals surface area (Å²) < 4.78 is 1.81. The van der Waals surface area contributed by atoms with E-state index in [0.29, 0.717) is 5.69 Å². The Kier molecular flexibility index (Phi) is 4.01. The van der Waals surface area contributed by atoms with E-state index in [-0.39, 0.29) is 18.0 Å². The quantitative estimate of drug-likeness (QED) is 0.903. The van der Waals surface area contributed by atoms with Crippen LogP contribution in [0.3, 0.4) is 0 Å². The molecule has 3 rings (SSSR count). The van der Waals surface area contributed by atoms with Crippen molar-refractivity contribution < 1.29 is 4.79 Å². The summed E-state index contributed by atoms with van der Waals surface area (Å²) in [6, 6.07) is 10.3. The van der Waals surface area contributed by atoms with E-state index in [1.807, 2.05) is 34.9 Å². The molecule has 0 atom stereocenters. The molecule has 1 saturated carbocycles. The van der Waals surface area contributed by atoms with Crippen molar-refractivity contribution in [2.45, 2.75) is 37.8 Å². The average Bonchev–Trinajstić information content (AvgIpc) is 3.00. The molecule has 3 N–H and O–H groups in total. The first-order valence-electron chi connectivity index (χ1n) is 7.38. The van der Waals surface area contributed by atoms with Crippen molar-refractivity contribution >= 4 is 5.91 Å². The number of imidazole rings is 1. The minimum atomic E-state index is -0.0724. The number of nitrogens with zero attached hydrogens (tertiary/aromatic N) is 2. The average molecular weight is 284 g/mol. The molecule has 2 aromatic rings. The molecule has 1 aliphatic carbocycles. The van der Waals surface area contributed by atoms with Crippen LogP contribution < -0.4 is 11.1 Å². The lowest BCUT2D eigenvalue weighted by atomic mass is 9.92. The highest BCUT2D eigenvalue weighted by Crippen LogP contribution is 2.18. The minimum absolute atomic E-state index is 0.0724. The summed E-state index contributed by atoms with van der Waals surface area (Å²) in [5.41, 5.74) is 7.40. The molecular formula is C16H20N4O. The number of aromatic nitrogens is 2. The molecule has 1 heterocycles. The van der Waals surface area contributed by atoms with Gasteiger partial charge in [0.1, 0.15) is 5.69 Å². The predicted molar refractivity (Wildman–Crippen MR) is 81.3 cm³/mol. The van der Waals surface area contributed by atoms with Crippen LogP contribution in [0.2, 0.25) is 0 Å².